The van der Waals surface area contributed by atoms with Gasteiger partial charge >= 0.3 is 0 Å². The van der Waals surface area contributed by atoms with Crippen molar-refractivity contribution in [2.45, 2.75) is 44.8 Å². The van der Waals surface area contributed by atoms with E-state index in [1.165, 1.54) is 0 Å². The van der Waals surface area contributed by atoms with Crippen molar-refractivity contribution in [3.05, 3.63) is 35.5 Å². The minimum Gasteiger partial charge on any atom is -0.392 e. The zero-order valence-corrected chi connectivity index (χ0v) is 15.0. The van der Waals surface area contributed by atoms with Gasteiger partial charge < -0.3 is 15.3 Å². The van der Waals surface area contributed by atoms with Crippen molar-refractivity contribution in [3.63, 3.8) is 0 Å². The van der Waals surface area contributed by atoms with E-state index in [2.05, 4.69) is 6.58 Å². The lowest BCUT2D eigenvalue weighted by molar-refractivity contribution is -0.176. The van der Waals surface area contributed by atoms with Crippen LogP contribution >= 0.6 is 0 Å². The van der Waals surface area contributed by atoms with Gasteiger partial charge in [0.1, 0.15) is 11.4 Å². The number of aliphatic hydroxyl groups excluding tert-OH is 1. The highest BCUT2D eigenvalue weighted by atomic mass is 16.3. The second kappa shape index (κ2) is 5.73. The number of ketones is 2. The number of hydrogen-bond acceptors (Lipinski definition) is 5. The predicted molar refractivity (Wildman–Crippen MR) is 92.5 cm³/mol. The molecule has 3 rings (SSSR count). The molecule has 0 radical (unpaired) electrons. The maximum Gasteiger partial charge on any atom is 0.190 e. The molecule has 3 aliphatic carbocycles. The smallest absolute Gasteiger partial charge is 0.190 e. The lowest BCUT2D eigenvalue weighted by Gasteiger charge is -2.51. The van der Waals surface area contributed by atoms with E-state index < -0.39 is 40.7 Å². The third-order valence-corrected chi connectivity index (χ3v) is 6.36. The Kier molecular flexibility index (Phi) is 4.18. The standard InChI is InChI=1S/C20H26O5/c1-10(2)17-14-7-13(9-21)8-19(24)16(5-11(3)18(19)23)20(14,25)12(4)6-15(17)22/h5,7,12,14,16-17,21,24-25H,1,6,8-9H2,2-4H3/t12-,14+,16-,17+,19-,20-/m1/s1. The SMILES string of the molecule is C=C(C)[C@@H]1C(=O)C[C@@H](C)[C@@]2(O)[C@H]1C=C(CO)C[C@]1(O)C(=O)C(C)=C[C@@H]21. The van der Waals surface area contributed by atoms with Crippen LogP contribution in [0.5, 0.6) is 0 Å². The predicted octanol–water partition coefficient (Wildman–Crippen LogP) is 1.33. The average molecular weight is 346 g/mol. The summed E-state index contributed by atoms with van der Waals surface area (Å²) in [6.45, 7) is 8.75. The lowest BCUT2D eigenvalue weighted by Crippen LogP contribution is -2.62. The molecule has 136 valence electrons. The summed E-state index contributed by atoms with van der Waals surface area (Å²) in [6.07, 6.45) is 3.47. The van der Waals surface area contributed by atoms with Crippen LogP contribution in [0.4, 0.5) is 0 Å². The second-order valence-electron chi connectivity index (χ2n) is 8.05. The molecule has 0 bridgehead atoms. The van der Waals surface area contributed by atoms with Crippen LogP contribution in [0.1, 0.15) is 33.6 Å². The fraction of sp³-hybridized carbons (Fsp3) is 0.600. The normalized spacial score (nSPS) is 43.8. The van der Waals surface area contributed by atoms with Crippen LogP contribution in [0.3, 0.4) is 0 Å². The Morgan fingerprint density at radius 2 is 1.96 bits per heavy atom. The first-order valence-corrected chi connectivity index (χ1v) is 8.73. The van der Waals surface area contributed by atoms with Crippen molar-refractivity contribution in [2.24, 2.45) is 23.7 Å². The number of fused-ring (bicyclic) bond motifs is 3. The molecule has 0 unspecified atom stereocenters. The Bertz CT molecular complexity index is 718. The number of carbonyl (C=O) groups excluding carboxylic acids is 2. The van der Waals surface area contributed by atoms with E-state index >= 15 is 0 Å². The van der Waals surface area contributed by atoms with Crippen molar-refractivity contribution < 1.29 is 24.9 Å². The topological polar surface area (TPSA) is 94.8 Å². The summed E-state index contributed by atoms with van der Waals surface area (Å²) in [4.78, 5) is 25.3. The van der Waals surface area contributed by atoms with Crippen LogP contribution < -0.4 is 0 Å². The molecule has 25 heavy (non-hydrogen) atoms. The summed E-state index contributed by atoms with van der Waals surface area (Å²) in [6, 6.07) is 0. The molecular formula is C20H26O5. The molecule has 0 spiro atoms. The van der Waals surface area contributed by atoms with Crippen LogP contribution in [0, 0.1) is 23.7 Å². The maximum atomic E-state index is 12.7. The Labute approximate surface area is 147 Å². The molecular weight excluding hydrogens is 320 g/mol. The van der Waals surface area contributed by atoms with Gasteiger partial charge in [0.05, 0.1) is 12.2 Å². The summed E-state index contributed by atoms with van der Waals surface area (Å²) >= 11 is 0. The molecule has 1 saturated carbocycles. The average Bonchev–Trinajstić information content (AvgIpc) is 2.69. The van der Waals surface area contributed by atoms with Crippen molar-refractivity contribution in [1.82, 2.24) is 0 Å². The van der Waals surface area contributed by atoms with Gasteiger partial charge in [-0.15, -0.1) is 0 Å². The van der Waals surface area contributed by atoms with E-state index in [0.717, 1.165) is 0 Å². The second-order valence-corrected chi connectivity index (χ2v) is 8.05. The van der Waals surface area contributed by atoms with Crippen LogP contribution in [0.2, 0.25) is 0 Å². The third-order valence-electron chi connectivity index (χ3n) is 6.36. The van der Waals surface area contributed by atoms with Gasteiger partial charge in [-0.3, -0.25) is 9.59 Å². The number of rotatable bonds is 2. The first kappa shape index (κ1) is 18.2. The van der Waals surface area contributed by atoms with Crippen molar-refractivity contribution in [2.75, 3.05) is 6.61 Å². The van der Waals surface area contributed by atoms with Gasteiger partial charge in [-0.2, -0.15) is 0 Å². The van der Waals surface area contributed by atoms with Gasteiger partial charge in [0.15, 0.2) is 5.78 Å². The number of Topliss-reactive ketones (excluding diaryl/α,β-unsaturated/α-hetero) is 2. The third kappa shape index (κ3) is 2.33. The van der Waals surface area contributed by atoms with Gasteiger partial charge in [0, 0.05) is 30.6 Å². The molecule has 5 nitrogen and oxygen atoms in total. The minimum absolute atomic E-state index is 0.00122. The monoisotopic (exact) mass is 346 g/mol. The molecule has 0 aromatic carbocycles. The molecule has 6 atom stereocenters. The van der Waals surface area contributed by atoms with E-state index in [0.29, 0.717) is 16.7 Å². The van der Waals surface area contributed by atoms with Gasteiger partial charge in [-0.05, 0) is 30.9 Å². The first-order valence-electron chi connectivity index (χ1n) is 8.73. The highest BCUT2D eigenvalue weighted by molar-refractivity contribution is 6.05. The van der Waals surface area contributed by atoms with Crippen molar-refractivity contribution >= 4 is 11.6 Å². The van der Waals surface area contributed by atoms with Gasteiger partial charge in [-0.1, -0.05) is 31.2 Å². The van der Waals surface area contributed by atoms with E-state index in [1.54, 1.807) is 32.9 Å². The number of carbonyl (C=O) groups is 2. The van der Waals surface area contributed by atoms with Crippen LogP contribution in [0.25, 0.3) is 0 Å². The molecule has 3 aliphatic rings. The summed E-state index contributed by atoms with van der Waals surface area (Å²) in [5, 5.41) is 32.7. The zero-order chi connectivity index (χ0) is 18.7. The molecule has 0 saturated heterocycles. The molecule has 1 fully saturated rings. The zero-order valence-electron chi connectivity index (χ0n) is 15.0. The van der Waals surface area contributed by atoms with Crippen LogP contribution in [-0.2, 0) is 9.59 Å². The molecule has 3 N–H and O–H groups in total. The number of aliphatic hydroxyl groups is 3. The van der Waals surface area contributed by atoms with Crippen molar-refractivity contribution in [3.8, 4) is 0 Å². The van der Waals surface area contributed by atoms with E-state index in [-0.39, 0.29) is 25.2 Å². The summed E-state index contributed by atoms with van der Waals surface area (Å²) < 4.78 is 0. The quantitative estimate of drug-likeness (QED) is 0.656. The fourth-order valence-corrected chi connectivity index (χ4v) is 5.13. The summed E-state index contributed by atoms with van der Waals surface area (Å²) in [5.41, 5.74) is -1.72. The molecule has 5 heteroatoms. The largest absolute Gasteiger partial charge is 0.392 e. The van der Waals surface area contributed by atoms with Crippen molar-refractivity contribution in [1.29, 1.82) is 0 Å². The van der Waals surface area contributed by atoms with Crippen LogP contribution in [-0.4, -0.2) is 44.7 Å². The molecule has 0 aromatic rings. The molecule has 0 amide bonds. The Morgan fingerprint density at radius 1 is 1.32 bits per heavy atom. The van der Waals surface area contributed by atoms with Gasteiger partial charge in [0.25, 0.3) is 0 Å². The summed E-state index contributed by atoms with van der Waals surface area (Å²) in [5.74, 6) is -2.88. The number of hydrogen-bond donors (Lipinski definition) is 3. The highest BCUT2D eigenvalue weighted by Crippen LogP contribution is 2.56. The Hall–Kier alpha value is -1.56. The van der Waals surface area contributed by atoms with E-state index in [1.807, 2.05) is 0 Å². The van der Waals surface area contributed by atoms with Gasteiger partial charge in [0.2, 0.25) is 0 Å². The summed E-state index contributed by atoms with van der Waals surface area (Å²) in [7, 11) is 0. The highest BCUT2D eigenvalue weighted by Gasteiger charge is 2.65. The molecule has 0 aliphatic heterocycles. The van der Waals surface area contributed by atoms with E-state index in [4.69, 9.17) is 0 Å². The number of allylic oxidation sites excluding steroid dienone is 1. The maximum absolute atomic E-state index is 12.7. The lowest BCUT2D eigenvalue weighted by atomic mass is 9.56. The Balaban J connectivity index is 2.26. The first-order chi connectivity index (χ1) is 11.6. The fourth-order valence-electron chi connectivity index (χ4n) is 5.13. The van der Waals surface area contributed by atoms with Crippen LogP contribution in [0.15, 0.2) is 35.5 Å². The molecule has 0 heterocycles. The Morgan fingerprint density at radius 3 is 2.52 bits per heavy atom. The minimum atomic E-state index is -1.78. The van der Waals surface area contributed by atoms with E-state index in [9.17, 15) is 24.9 Å². The molecule has 0 aromatic heterocycles. The van der Waals surface area contributed by atoms with Gasteiger partial charge in [-0.25, -0.2) is 0 Å².